The maximum Gasteiger partial charge on any atom is 0.240 e. The van der Waals surface area contributed by atoms with Gasteiger partial charge < -0.3 is 9.64 Å². The Bertz CT molecular complexity index is 617. The minimum atomic E-state index is -3.53. The Hall–Kier alpha value is -1.11. The van der Waals surface area contributed by atoms with E-state index in [9.17, 15) is 8.42 Å². The number of hydrogen-bond donors (Lipinski definition) is 1. The average Bonchev–Trinajstić information content (AvgIpc) is 2.35. The fourth-order valence-electron chi connectivity index (χ4n) is 2.19. The summed E-state index contributed by atoms with van der Waals surface area (Å²) in [5.41, 5.74) is 1.36. The fourth-order valence-corrected chi connectivity index (χ4v) is 3.46. The molecule has 0 spiro atoms. The maximum absolute atomic E-state index is 12.5. The number of nitrogens with one attached hydrogen (secondary N) is 1. The number of hydrogen-bond acceptors (Lipinski definition) is 4. The highest BCUT2D eigenvalue weighted by molar-refractivity contribution is 7.89. The van der Waals surface area contributed by atoms with Crippen LogP contribution in [0.4, 0.5) is 0 Å². The van der Waals surface area contributed by atoms with Crippen molar-refractivity contribution in [3.8, 4) is 5.75 Å². The molecule has 0 bridgehead atoms. The van der Waals surface area contributed by atoms with Crippen molar-refractivity contribution in [2.45, 2.75) is 38.0 Å². The van der Waals surface area contributed by atoms with Crippen LogP contribution >= 0.6 is 0 Å². The van der Waals surface area contributed by atoms with Crippen molar-refractivity contribution in [3.63, 3.8) is 0 Å². The summed E-state index contributed by atoms with van der Waals surface area (Å²) in [5, 5.41) is 0. The zero-order valence-corrected chi connectivity index (χ0v) is 15.5. The van der Waals surface area contributed by atoms with E-state index in [-0.39, 0.29) is 5.41 Å². The third-order valence-corrected chi connectivity index (χ3v) is 5.05. The van der Waals surface area contributed by atoms with Gasteiger partial charge in [0.05, 0.1) is 12.0 Å². The highest BCUT2D eigenvalue weighted by atomic mass is 32.2. The minimum absolute atomic E-state index is 0.201. The van der Waals surface area contributed by atoms with Gasteiger partial charge in [0.25, 0.3) is 0 Å². The lowest BCUT2D eigenvalue weighted by molar-refractivity contribution is 0.396. The molecular formula is C16H28N2O3S. The molecule has 1 rings (SSSR count). The number of methoxy groups -OCH3 is 1. The molecular weight excluding hydrogens is 300 g/mol. The first-order chi connectivity index (χ1) is 9.99. The molecule has 6 heteroatoms. The van der Waals surface area contributed by atoms with Gasteiger partial charge in [0.2, 0.25) is 10.0 Å². The van der Waals surface area contributed by atoms with Gasteiger partial charge in [-0.3, -0.25) is 0 Å². The van der Waals surface area contributed by atoms with E-state index in [0.717, 1.165) is 11.3 Å². The lowest BCUT2D eigenvalue weighted by Crippen LogP contribution is -2.32. The summed E-state index contributed by atoms with van der Waals surface area (Å²) in [6.07, 6.45) is 0. The number of likely N-dealkylation sites (N-methyl/N-ethyl adjacent to an activating group) is 1. The van der Waals surface area contributed by atoms with Gasteiger partial charge in [-0.1, -0.05) is 20.8 Å². The third kappa shape index (κ3) is 4.69. The number of ether oxygens (including phenoxy) is 1. The van der Waals surface area contributed by atoms with Crippen molar-refractivity contribution in [1.29, 1.82) is 0 Å². The van der Waals surface area contributed by atoms with Crippen molar-refractivity contribution in [1.82, 2.24) is 9.62 Å². The normalized spacial score (nSPS) is 12.7. The Labute approximate surface area is 134 Å². The summed E-state index contributed by atoms with van der Waals surface area (Å²) >= 11 is 0. The number of aryl methyl sites for hydroxylation is 1. The first-order valence-corrected chi connectivity index (χ1v) is 8.81. The van der Waals surface area contributed by atoms with Gasteiger partial charge in [-0.25, -0.2) is 13.1 Å². The second kappa shape index (κ2) is 6.98. The van der Waals surface area contributed by atoms with Gasteiger partial charge in [0.1, 0.15) is 5.75 Å². The monoisotopic (exact) mass is 328 g/mol. The number of rotatable bonds is 6. The van der Waals surface area contributed by atoms with Crippen LogP contribution in [0.15, 0.2) is 17.0 Å². The Morgan fingerprint density at radius 1 is 1.23 bits per heavy atom. The van der Waals surface area contributed by atoms with Crippen molar-refractivity contribution in [2.75, 3.05) is 34.3 Å². The molecule has 5 nitrogen and oxygen atoms in total. The smallest absolute Gasteiger partial charge is 0.240 e. The predicted molar refractivity (Wildman–Crippen MR) is 90.2 cm³/mol. The van der Waals surface area contributed by atoms with Crippen LogP contribution in [0, 0.1) is 6.92 Å². The van der Waals surface area contributed by atoms with Crippen LogP contribution in [-0.4, -0.2) is 47.6 Å². The van der Waals surface area contributed by atoms with Crippen LogP contribution in [0.3, 0.4) is 0 Å². The second-order valence-corrected chi connectivity index (χ2v) is 8.50. The topological polar surface area (TPSA) is 58.6 Å². The highest BCUT2D eigenvalue weighted by Crippen LogP contribution is 2.34. The molecule has 1 N–H and O–H groups in total. The largest absolute Gasteiger partial charge is 0.496 e. The van der Waals surface area contributed by atoms with E-state index in [1.54, 1.807) is 26.2 Å². The minimum Gasteiger partial charge on any atom is -0.496 e. The van der Waals surface area contributed by atoms with E-state index >= 15 is 0 Å². The van der Waals surface area contributed by atoms with E-state index in [2.05, 4.69) is 4.72 Å². The molecule has 22 heavy (non-hydrogen) atoms. The van der Waals surface area contributed by atoms with E-state index in [1.165, 1.54) is 0 Å². The zero-order valence-electron chi connectivity index (χ0n) is 14.6. The van der Waals surface area contributed by atoms with Gasteiger partial charge in [0, 0.05) is 18.7 Å². The molecule has 0 aliphatic heterocycles. The quantitative estimate of drug-likeness (QED) is 0.869. The maximum atomic E-state index is 12.5. The Morgan fingerprint density at radius 3 is 2.27 bits per heavy atom. The number of benzene rings is 1. The predicted octanol–water partition coefficient (Wildman–Crippen LogP) is 2.14. The molecule has 0 amide bonds. The van der Waals surface area contributed by atoms with Crippen LogP contribution in [-0.2, 0) is 15.4 Å². The molecule has 1 aromatic carbocycles. The van der Waals surface area contributed by atoms with Crippen molar-refractivity contribution < 1.29 is 13.2 Å². The lowest BCUT2D eigenvalue weighted by atomic mass is 9.86. The molecule has 0 saturated carbocycles. The standard InChI is InChI=1S/C16H28N2O3S/c1-12-10-14(21-7)13(16(2,3)4)11-15(12)22(19,20)17-8-9-18(5)6/h10-11,17H,8-9H2,1-7H3. The van der Waals surface area contributed by atoms with E-state index in [4.69, 9.17) is 4.74 Å². The van der Waals surface area contributed by atoms with Crippen LogP contribution < -0.4 is 9.46 Å². The van der Waals surface area contributed by atoms with Crippen LogP contribution in [0.1, 0.15) is 31.9 Å². The van der Waals surface area contributed by atoms with Crippen LogP contribution in [0.25, 0.3) is 0 Å². The Morgan fingerprint density at radius 2 is 1.82 bits per heavy atom. The molecule has 0 aliphatic rings. The fraction of sp³-hybridized carbons (Fsp3) is 0.625. The average molecular weight is 328 g/mol. The van der Waals surface area contributed by atoms with Crippen LogP contribution in [0.5, 0.6) is 5.75 Å². The highest BCUT2D eigenvalue weighted by Gasteiger charge is 2.25. The number of sulfonamides is 1. The summed E-state index contributed by atoms with van der Waals surface area (Å²) in [7, 11) is 1.89. The zero-order chi connectivity index (χ0) is 17.1. The molecule has 1 aromatic rings. The molecule has 0 aliphatic carbocycles. The summed E-state index contributed by atoms with van der Waals surface area (Å²) in [6, 6.07) is 3.52. The molecule has 0 unspecified atom stereocenters. The summed E-state index contributed by atoms with van der Waals surface area (Å²) < 4.78 is 33.2. The van der Waals surface area contributed by atoms with Gasteiger partial charge in [0.15, 0.2) is 0 Å². The molecule has 126 valence electrons. The molecule has 0 aromatic heterocycles. The van der Waals surface area contributed by atoms with E-state index < -0.39 is 10.0 Å². The summed E-state index contributed by atoms with van der Waals surface area (Å²) in [5.74, 6) is 0.720. The van der Waals surface area contributed by atoms with Crippen molar-refractivity contribution >= 4 is 10.0 Å². The molecule has 0 saturated heterocycles. The van der Waals surface area contributed by atoms with E-state index in [1.807, 2.05) is 39.8 Å². The summed E-state index contributed by atoms with van der Waals surface area (Å²) in [4.78, 5) is 2.25. The molecule has 0 radical (unpaired) electrons. The lowest BCUT2D eigenvalue weighted by Gasteiger charge is -2.24. The number of nitrogens with zero attached hydrogens (tertiary/aromatic N) is 1. The van der Waals surface area contributed by atoms with Crippen LogP contribution in [0.2, 0.25) is 0 Å². The molecule has 0 heterocycles. The van der Waals surface area contributed by atoms with Gasteiger partial charge in [-0.15, -0.1) is 0 Å². The second-order valence-electron chi connectivity index (χ2n) is 6.77. The first-order valence-electron chi connectivity index (χ1n) is 7.32. The summed E-state index contributed by atoms with van der Waals surface area (Å²) in [6.45, 7) is 8.93. The third-order valence-electron chi connectivity index (χ3n) is 3.45. The SMILES string of the molecule is COc1cc(C)c(S(=O)(=O)NCCN(C)C)cc1C(C)(C)C. The van der Waals surface area contributed by atoms with Gasteiger partial charge in [-0.2, -0.15) is 0 Å². The van der Waals surface area contributed by atoms with Crippen molar-refractivity contribution in [2.24, 2.45) is 0 Å². The Balaban J connectivity index is 3.24. The molecule has 0 fully saturated rings. The van der Waals surface area contributed by atoms with E-state index in [0.29, 0.717) is 23.5 Å². The van der Waals surface area contributed by atoms with Gasteiger partial charge in [-0.05, 0) is 44.1 Å². The first kappa shape index (κ1) is 18.9. The van der Waals surface area contributed by atoms with Crippen molar-refractivity contribution in [3.05, 3.63) is 23.3 Å². The van der Waals surface area contributed by atoms with Gasteiger partial charge >= 0.3 is 0 Å². The Kier molecular flexibility index (Phi) is 6.01. The molecule has 0 atom stereocenters.